The fourth-order valence-corrected chi connectivity index (χ4v) is 1.48. The number of ether oxygens (including phenoxy) is 1. The maximum absolute atomic E-state index is 5.57. The number of nitrogens with one attached hydrogen (secondary N) is 1. The normalized spacial score (nSPS) is 11.6. The van der Waals surface area contributed by atoms with Crippen molar-refractivity contribution in [3.8, 4) is 0 Å². The Balaban J connectivity index is 2.43. The summed E-state index contributed by atoms with van der Waals surface area (Å²) in [6, 6.07) is 10.1. The molecule has 0 fully saturated rings. The van der Waals surface area contributed by atoms with E-state index in [0.29, 0.717) is 10.2 Å². The van der Waals surface area contributed by atoms with Gasteiger partial charge in [-0.1, -0.05) is 48.5 Å². The van der Waals surface area contributed by atoms with Crippen molar-refractivity contribution in [2.75, 3.05) is 6.61 Å². The summed E-state index contributed by atoms with van der Waals surface area (Å²) in [6.07, 6.45) is 0. The Hall–Kier alpha value is -1.06. The smallest absolute Gasteiger partial charge is 0.257 e. The molecule has 0 spiro atoms. The van der Waals surface area contributed by atoms with Crippen LogP contribution in [0.2, 0.25) is 0 Å². The van der Waals surface area contributed by atoms with E-state index in [9.17, 15) is 0 Å². The molecule has 0 radical (unpaired) electrons. The Morgan fingerprint density at radius 1 is 1.50 bits per heavy atom. The quantitative estimate of drug-likeness (QED) is 0.834. The highest BCUT2D eigenvalue weighted by atomic mass is 35.5. The lowest BCUT2D eigenvalue weighted by atomic mass is 10.1. The summed E-state index contributed by atoms with van der Waals surface area (Å²) in [7, 11) is 0. The average Bonchev–Trinajstić information content (AvgIpc) is 2.27. The van der Waals surface area contributed by atoms with Gasteiger partial charge in [-0.3, -0.25) is 0 Å². The van der Waals surface area contributed by atoms with Gasteiger partial charge >= 0.3 is 0 Å². The van der Waals surface area contributed by atoms with Gasteiger partial charge in [0, 0.05) is 5.03 Å². The molecule has 1 N–H and O–H groups in total. The van der Waals surface area contributed by atoms with Gasteiger partial charge in [0.2, 0.25) is 0 Å². The molecule has 0 aromatic heterocycles. The third-order valence-electron chi connectivity index (χ3n) is 1.99. The van der Waals surface area contributed by atoms with Crippen LogP contribution in [0.4, 0.5) is 0 Å². The molecule has 0 aliphatic carbocycles. The highest BCUT2D eigenvalue weighted by molar-refractivity contribution is 7.80. The zero-order valence-electron chi connectivity index (χ0n) is 9.07. The Bertz CT molecular complexity index is 367. The Labute approximate surface area is 106 Å². The predicted octanol–water partition coefficient (Wildman–Crippen LogP) is 3.39. The third-order valence-corrected chi connectivity index (χ3v) is 2.34. The molecule has 1 aromatic rings. The minimum atomic E-state index is 0.109. The molecule has 1 atom stereocenters. The van der Waals surface area contributed by atoms with Crippen molar-refractivity contribution >= 4 is 29.0 Å². The SMILES string of the molecule is C=C(Cl)COC(=S)NC(C)c1ccccc1. The van der Waals surface area contributed by atoms with Gasteiger partial charge in [0.25, 0.3) is 5.17 Å². The van der Waals surface area contributed by atoms with E-state index in [1.807, 2.05) is 37.3 Å². The molecule has 16 heavy (non-hydrogen) atoms. The van der Waals surface area contributed by atoms with Gasteiger partial charge in [-0.15, -0.1) is 0 Å². The molecule has 2 nitrogen and oxygen atoms in total. The highest BCUT2D eigenvalue weighted by Gasteiger charge is 2.06. The first-order valence-corrected chi connectivity index (χ1v) is 5.69. The van der Waals surface area contributed by atoms with Crippen LogP contribution in [0.15, 0.2) is 41.9 Å². The molecule has 1 unspecified atom stereocenters. The molecule has 0 saturated carbocycles. The minimum Gasteiger partial charge on any atom is -0.465 e. The van der Waals surface area contributed by atoms with Crippen LogP contribution in [0.5, 0.6) is 0 Å². The maximum atomic E-state index is 5.57. The Kier molecular flexibility index (Phi) is 5.29. The van der Waals surface area contributed by atoms with E-state index >= 15 is 0 Å². The first-order valence-electron chi connectivity index (χ1n) is 4.91. The second-order valence-corrected chi connectivity index (χ2v) is 4.28. The Morgan fingerprint density at radius 3 is 2.69 bits per heavy atom. The van der Waals surface area contributed by atoms with Crippen LogP contribution in [0, 0.1) is 0 Å². The second kappa shape index (κ2) is 6.51. The van der Waals surface area contributed by atoms with Gasteiger partial charge in [-0.2, -0.15) is 0 Å². The standard InChI is InChI=1S/C12H14ClNOS/c1-9(13)8-15-12(16)14-10(2)11-6-4-3-5-7-11/h3-7,10H,1,8H2,2H3,(H,14,16). The lowest BCUT2D eigenvalue weighted by Gasteiger charge is -2.16. The van der Waals surface area contributed by atoms with E-state index in [4.69, 9.17) is 28.6 Å². The number of thiocarbonyl (C=S) groups is 1. The van der Waals surface area contributed by atoms with E-state index in [2.05, 4.69) is 11.9 Å². The number of rotatable bonds is 4. The largest absolute Gasteiger partial charge is 0.465 e. The van der Waals surface area contributed by atoms with Gasteiger partial charge in [0.1, 0.15) is 6.61 Å². The fourth-order valence-electron chi connectivity index (χ4n) is 1.19. The van der Waals surface area contributed by atoms with Crippen molar-refractivity contribution in [1.82, 2.24) is 5.32 Å². The molecule has 0 heterocycles. The van der Waals surface area contributed by atoms with Crippen molar-refractivity contribution in [2.24, 2.45) is 0 Å². The number of halogens is 1. The van der Waals surface area contributed by atoms with Crippen molar-refractivity contribution in [2.45, 2.75) is 13.0 Å². The lowest BCUT2D eigenvalue weighted by Crippen LogP contribution is -2.27. The first kappa shape index (κ1) is 13.0. The summed E-state index contributed by atoms with van der Waals surface area (Å²) in [4.78, 5) is 0. The molecule has 0 saturated heterocycles. The second-order valence-electron chi connectivity index (χ2n) is 3.37. The molecule has 0 amide bonds. The van der Waals surface area contributed by atoms with Crippen molar-refractivity contribution in [3.63, 3.8) is 0 Å². The van der Waals surface area contributed by atoms with Gasteiger partial charge in [-0.25, -0.2) is 0 Å². The van der Waals surface area contributed by atoms with Crippen LogP contribution in [0.1, 0.15) is 18.5 Å². The number of hydrogen-bond acceptors (Lipinski definition) is 2. The van der Waals surface area contributed by atoms with E-state index in [0.717, 1.165) is 5.56 Å². The van der Waals surface area contributed by atoms with E-state index in [1.165, 1.54) is 0 Å². The third kappa shape index (κ3) is 4.64. The van der Waals surface area contributed by atoms with Crippen molar-refractivity contribution < 1.29 is 4.74 Å². The first-order chi connectivity index (χ1) is 7.59. The van der Waals surface area contributed by atoms with Crippen LogP contribution in [-0.4, -0.2) is 11.8 Å². The summed E-state index contributed by atoms with van der Waals surface area (Å²) in [5, 5.41) is 3.82. The van der Waals surface area contributed by atoms with Gasteiger partial charge in [0.15, 0.2) is 0 Å². The van der Waals surface area contributed by atoms with Crippen LogP contribution in [-0.2, 0) is 4.74 Å². The number of hydrogen-bond donors (Lipinski definition) is 1. The van der Waals surface area contributed by atoms with Crippen LogP contribution >= 0.6 is 23.8 Å². The van der Waals surface area contributed by atoms with Gasteiger partial charge < -0.3 is 10.1 Å². The molecule has 1 aromatic carbocycles. The van der Waals surface area contributed by atoms with Gasteiger partial charge in [-0.05, 0) is 24.7 Å². The molecule has 4 heteroatoms. The lowest BCUT2D eigenvalue weighted by molar-refractivity contribution is 0.334. The van der Waals surface area contributed by atoms with Crippen LogP contribution in [0.3, 0.4) is 0 Å². The molecular weight excluding hydrogens is 242 g/mol. The average molecular weight is 256 g/mol. The van der Waals surface area contributed by atoms with Crippen LogP contribution < -0.4 is 5.32 Å². The number of benzene rings is 1. The fraction of sp³-hybridized carbons (Fsp3) is 0.250. The summed E-state index contributed by atoms with van der Waals surface area (Å²) in [5.41, 5.74) is 1.15. The molecule has 0 bridgehead atoms. The summed E-state index contributed by atoms with van der Waals surface area (Å²) < 4.78 is 5.18. The zero-order valence-corrected chi connectivity index (χ0v) is 10.6. The summed E-state index contributed by atoms with van der Waals surface area (Å²) in [5.74, 6) is 0. The summed E-state index contributed by atoms with van der Waals surface area (Å²) >= 11 is 10.6. The zero-order chi connectivity index (χ0) is 12.0. The highest BCUT2D eigenvalue weighted by Crippen LogP contribution is 2.11. The van der Waals surface area contributed by atoms with E-state index in [1.54, 1.807) is 0 Å². The molecule has 0 aliphatic heterocycles. The maximum Gasteiger partial charge on any atom is 0.257 e. The van der Waals surface area contributed by atoms with Crippen molar-refractivity contribution in [3.05, 3.63) is 47.5 Å². The van der Waals surface area contributed by atoms with E-state index in [-0.39, 0.29) is 12.6 Å². The predicted molar refractivity (Wildman–Crippen MR) is 71.5 cm³/mol. The van der Waals surface area contributed by atoms with E-state index < -0.39 is 0 Å². The summed E-state index contributed by atoms with van der Waals surface area (Å²) in [6.45, 7) is 5.76. The van der Waals surface area contributed by atoms with Crippen LogP contribution in [0.25, 0.3) is 0 Å². The molecular formula is C12H14ClNOS. The minimum absolute atomic E-state index is 0.109. The molecule has 86 valence electrons. The topological polar surface area (TPSA) is 21.3 Å². The van der Waals surface area contributed by atoms with Gasteiger partial charge in [0.05, 0.1) is 6.04 Å². The van der Waals surface area contributed by atoms with Crippen molar-refractivity contribution in [1.29, 1.82) is 0 Å². The monoisotopic (exact) mass is 255 g/mol. The molecule has 1 rings (SSSR count). The Morgan fingerprint density at radius 2 is 2.12 bits per heavy atom. The molecule has 0 aliphatic rings.